The highest BCUT2D eigenvalue weighted by atomic mass is 127. The quantitative estimate of drug-likeness (QED) is 0.386. The van der Waals surface area contributed by atoms with E-state index in [1.54, 1.807) is 0 Å². The molecule has 1 aromatic rings. The van der Waals surface area contributed by atoms with Gasteiger partial charge in [0.1, 0.15) is 5.75 Å². The first kappa shape index (κ1) is 21.1. The molecular weight excluding hydrogens is 413 g/mol. The van der Waals surface area contributed by atoms with E-state index in [0.717, 1.165) is 17.7 Å². The number of benzene rings is 1. The van der Waals surface area contributed by atoms with Crippen molar-refractivity contribution < 1.29 is 4.74 Å². The molecule has 1 aliphatic rings. The molecule has 0 saturated heterocycles. The van der Waals surface area contributed by atoms with E-state index >= 15 is 0 Å². The van der Waals surface area contributed by atoms with Crippen LogP contribution >= 0.6 is 24.0 Å². The van der Waals surface area contributed by atoms with Crippen LogP contribution in [0.3, 0.4) is 0 Å². The summed E-state index contributed by atoms with van der Waals surface area (Å²) in [6.45, 7) is 9.21. The fourth-order valence-electron chi connectivity index (χ4n) is 2.76. The molecule has 5 heteroatoms. The van der Waals surface area contributed by atoms with Crippen molar-refractivity contribution in [1.82, 2.24) is 4.90 Å². The largest absolute Gasteiger partial charge is 0.490 e. The van der Waals surface area contributed by atoms with Gasteiger partial charge in [-0.3, -0.25) is 0 Å². The first-order chi connectivity index (χ1) is 10.9. The zero-order valence-corrected chi connectivity index (χ0v) is 17.9. The molecule has 1 saturated carbocycles. The number of hydrogen-bond donors (Lipinski definition) is 1. The van der Waals surface area contributed by atoms with Crippen LogP contribution in [-0.2, 0) is 6.54 Å². The Hall–Kier alpha value is -0.980. The molecule has 1 unspecified atom stereocenters. The summed E-state index contributed by atoms with van der Waals surface area (Å²) in [4.78, 5) is 6.63. The molecule has 1 atom stereocenters. The van der Waals surface area contributed by atoms with Gasteiger partial charge < -0.3 is 15.4 Å². The summed E-state index contributed by atoms with van der Waals surface area (Å²) in [5.74, 6) is 2.18. The summed E-state index contributed by atoms with van der Waals surface area (Å²) in [5, 5.41) is 0. The molecule has 0 bridgehead atoms. The second kappa shape index (κ2) is 9.49. The van der Waals surface area contributed by atoms with Gasteiger partial charge in [-0.2, -0.15) is 0 Å². The Balaban J connectivity index is 0.00000288. The predicted molar refractivity (Wildman–Crippen MR) is 112 cm³/mol. The third-order valence-corrected chi connectivity index (χ3v) is 4.22. The second-order valence-electron chi connectivity index (χ2n) is 7.19. The molecule has 1 aliphatic carbocycles. The zero-order chi connectivity index (χ0) is 17.0. The van der Waals surface area contributed by atoms with Crippen molar-refractivity contribution in [3.05, 3.63) is 29.3 Å². The molecule has 1 fully saturated rings. The van der Waals surface area contributed by atoms with Crippen LogP contribution in [0, 0.1) is 12.8 Å². The Kier molecular flexibility index (Phi) is 8.33. The van der Waals surface area contributed by atoms with Gasteiger partial charge in [-0.1, -0.05) is 26.0 Å². The average molecular weight is 445 g/mol. The zero-order valence-electron chi connectivity index (χ0n) is 15.6. The van der Waals surface area contributed by atoms with Crippen molar-refractivity contribution in [1.29, 1.82) is 0 Å². The van der Waals surface area contributed by atoms with Crippen molar-refractivity contribution in [2.45, 2.75) is 65.6 Å². The van der Waals surface area contributed by atoms with Gasteiger partial charge in [-0.15, -0.1) is 24.0 Å². The number of aryl methyl sites for hydroxylation is 1. The topological polar surface area (TPSA) is 50.8 Å². The monoisotopic (exact) mass is 445 g/mol. The second-order valence-corrected chi connectivity index (χ2v) is 7.19. The van der Waals surface area contributed by atoms with Crippen LogP contribution in [0.25, 0.3) is 0 Å². The summed E-state index contributed by atoms with van der Waals surface area (Å²) in [7, 11) is 2.02. The van der Waals surface area contributed by atoms with Gasteiger partial charge in [0.2, 0.25) is 0 Å². The number of guanidine groups is 1. The number of rotatable bonds is 7. The SMILES string of the molecule is Cc1ccc(CN=C(N)N(C)C2CC2)c(OC(C)CC(C)C)c1.I. The van der Waals surface area contributed by atoms with Gasteiger partial charge in [0.15, 0.2) is 5.96 Å². The minimum absolute atomic E-state index is 0. The normalized spacial score (nSPS) is 15.8. The molecule has 0 radical (unpaired) electrons. The lowest BCUT2D eigenvalue weighted by atomic mass is 10.1. The maximum absolute atomic E-state index is 6.17. The third kappa shape index (κ3) is 6.49. The molecule has 4 nitrogen and oxygen atoms in total. The standard InChI is InChI=1S/C19H31N3O.HI/c1-13(2)10-15(4)23-18-11-14(3)6-7-16(18)12-21-19(20)22(5)17-8-9-17;/h6-7,11,13,15,17H,8-10,12H2,1-5H3,(H2,20,21);1H. The predicted octanol–water partition coefficient (Wildman–Crippen LogP) is 4.34. The van der Waals surface area contributed by atoms with E-state index in [1.807, 2.05) is 7.05 Å². The Labute approximate surface area is 163 Å². The van der Waals surface area contributed by atoms with Crippen molar-refractivity contribution in [2.24, 2.45) is 16.6 Å². The minimum Gasteiger partial charge on any atom is -0.490 e. The van der Waals surface area contributed by atoms with Crippen molar-refractivity contribution in [3.8, 4) is 5.75 Å². The Morgan fingerprint density at radius 3 is 2.58 bits per heavy atom. The molecule has 0 spiro atoms. The van der Waals surface area contributed by atoms with E-state index in [-0.39, 0.29) is 30.1 Å². The molecule has 1 aromatic carbocycles. The molecule has 0 amide bonds. The molecule has 2 N–H and O–H groups in total. The van der Waals surface area contributed by atoms with E-state index in [1.165, 1.54) is 18.4 Å². The molecule has 0 aromatic heterocycles. The molecule has 136 valence electrons. The molecule has 24 heavy (non-hydrogen) atoms. The van der Waals surface area contributed by atoms with E-state index in [0.29, 0.717) is 24.5 Å². The number of nitrogens with two attached hydrogens (primary N) is 1. The first-order valence-electron chi connectivity index (χ1n) is 8.65. The highest BCUT2D eigenvalue weighted by molar-refractivity contribution is 14.0. The van der Waals surface area contributed by atoms with Crippen LogP contribution < -0.4 is 10.5 Å². The molecular formula is C19H32IN3O. The van der Waals surface area contributed by atoms with E-state index < -0.39 is 0 Å². The Morgan fingerprint density at radius 1 is 1.33 bits per heavy atom. The Morgan fingerprint density at radius 2 is 2.00 bits per heavy atom. The maximum atomic E-state index is 6.17. The molecule has 0 aliphatic heterocycles. The first-order valence-corrected chi connectivity index (χ1v) is 8.65. The summed E-state index contributed by atoms with van der Waals surface area (Å²) >= 11 is 0. The van der Waals surface area contributed by atoms with Crippen molar-refractivity contribution in [3.63, 3.8) is 0 Å². The molecule has 2 rings (SSSR count). The number of nitrogens with zero attached hydrogens (tertiary/aromatic N) is 2. The van der Waals surface area contributed by atoms with Crippen molar-refractivity contribution >= 4 is 29.9 Å². The van der Waals surface area contributed by atoms with Gasteiger partial charge in [0.05, 0.1) is 12.6 Å². The van der Waals surface area contributed by atoms with E-state index in [9.17, 15) is 0 Å². The number of aliphatic imine (C=N–C) groups is 1. The van der Waals surface area contributed by atoms with Crippen LogP contribution in [0.1, 0.15) is 51.2 Å². The third-order valence-electron chi connectivity index (χ3n) is 4.22. The summed E-state index contributed by atoms with van der Waals surface area (Å²) in [6.07, 6.45) is 3.69. The summed E-state index contributed by atoms with van der Waals surface area (Å²) < 4.78 is 6.17. The lowest BCUT2D eigenvalue weighted by Gasteiger charge is -2.20. The van der Waals surface area contributed by atoms with E-state index in [2.05, 4.69) is 55.8 Å². The maximum Gasteiger partial charge on any atom is 0.191 e. The fourth-order valence-corrected chi connectivity index (χ4v) is 2.76. The lowest BCUT2D eigenvalue weighted by molar-refractivity contribution is 0.191. The highest BCUT2D eigenvalue weighted by Crippen LogP contribution is 2.26. The van der Waals surface area contributed by atoms with Gasteiger partial charge in [0, 0.05) is 18.7 Å². The number of halogens is 1. The van der Waals surface area contributed by atoms with Crippen molar-refractivity contribution in [2.75, 3.05) is 7.05 Å². The van der Waals surface area contributed by atoms with Gasteiger partial charge in [0.25, 0.3) is 0 Å². The van der Waals surface area contributed by atoms with Crippen LogP contribution in [0.5, 0.6) is 5.75 Å². The average Bonchev–Trinajstić information content (AvgIpc) is 3.29. The van der Waals surface area contributed by atoms with Crippen LogP contribution in [0.15, 0.2) is 23.2 Å². The highest BCUT2D eigenvalue weighted by Gasteiger charge is 2.27. The fraction of sp³-hybridized carbons (Fsp3) is 0.632. The number of hydrogen-bond acceptors (Lipinski definition) is 2. The van der Waals surface area contributed by atoms with Gasteiger partial charge in [-0.05, 0) is 50.7 Å². The number of ether oxygens (including phenoxy) is 1. The summed E-state index contributed by atoms with van der Waals surface area (Å²) in [5.41, 5.74) is 8.39. The van der Waals surface area contributed by atoms with Crippen LogP contribution in [0.2, 0.25) is 0 Å². The van der Waals surface area contributed by atoms with Crippen LogP contribution in [0.4, 0.5) is 0 Å². The van der Waals surface area contributed by atoms with Gasteiger partial charge in [-0.25, -0.2) is 4.99 Å². The van der Waals surface area contributed by atoms with Gasteiger partial charge >= 0.3 is 0 Å². The lowest BCUT2D eigenvalue weighted by Crippen LogP contribution is -2.35. The minimum atomic E-state index is 0. The Bertz CT molecular complexity index is 556. The smallest absolute Gasteiger partial charge is 0.191 e. The molecule has 0 heterocycles. The summed E-state index contributed by atoms with van der Waals surface area (Å²) in [6, 6.07) is 6.88. The van der Waals surface area contributed by atoms with E-state index in [4.69, 9.17) is 10.5 Å². The van der Waals surface area contributed by atoms with Crippen LogP contribution in [-0.4, -0.2) is 30.1 Å².